The van der Waals surface area contributed by atoms with Crippen molar-refractivity contribution in [3.63, 3.8) is 0 Å². The van der Waals surface area contributed by atoms with E-state index >= 15 is 0 Å². The van der Waals surface area contributed by atoms with Crippen LogP contribution in [-0.2, 0) is 14.8 Å². The van der Waals surface area contributed by atoms with Crippen LogP contribution in [0.2, 0.25) is 0 Å². The molecule has 0 aliphatic carbocycles. The Hall–Kier alpha value is -1.47. The van der Waals surface area contributed by atoms with Gasteiger partial charge in [0, 0.05) is 19.0 Å². The zero-order valence-electron chi connectivity index (χ0n) is 13.2. The summed E-state index contributed by atoms with van der Waals surface area (Å²) in [5, 5.41) is 5.04. The van der Waals surface area contributed by atoms with Crippen LogP contribution < -0.4 is 10.0 Å². The van der Waals surface area contributed by atoms with Gasteiger partial charge in [-0.2, -0.15) is 0 Å². The fourth-order valence-electron chi connectivity index (χ4n) is 3.21. The fourth-order valence-corrected chi connectivity index (χ4v) is 4.57. The minimum absolute atomic E-state index is 0.313. The Kier molecular flexibility index (Phi) is 4.68. The third-order valence-electron chi connectivity index (χ3n) is 4.39. The normalized spacial score (nSPS) is 21.8. The quantitative estimate of drug-likeness (QED) is 0.846. The highest BCUT2D eigenvalue weighted by atomic mass is 32.2. The Morgan fingerprint density at radius 2 is 2.00 bits per heavy atom. The highest BCUT2D eigenvalue weighted by Gasteiger charge is 2.35. The Bertz CT molecular complexity index is 778. The molecule has 0 aromatic heterocycles. The molecule has 0 amide bonds. The number of rotatable bonds is 6. The van der Waals surface area contributed by atoms with Gasteiger partial charge in [-0.25, -0.2) is 13.1 Å². The van der Waals surface area contributed by atoms with Crippen molar-refractivity contribution in [3.8, 4) is 0 Å². The molecule has 0 saturated carbocycles. The molecular formula is C17H22N2O3S. The van der Waals surface area contributed by atoms with Crippen molar-refractivity contribution in [2.75, 3.05) is 26.8 Å². The Balaban J connectivity index is 1.86. The van der Waals surface area contributed by atoms with Crippen molar-refractivity contribution in [2.45, 2.75) is 23.3 Å². The molecule has 1 aliphatic heterocycles. The molecule has 23 heavy (non-hydrogen) atoms. The van der Waals surface area contributed by atoms with E-state index in [1.54, 1.807) is 19.2 Å². The fraction of sp³-hybridized carbons (Fsp3) is 0.412. The standard InChI is InChI=1S/C17H22N2O3S/c1-22-13-17(10-5-11-18-17)12-19-23(20,21)16-9-4-7-14-6-2-3-8-15(14)16/h2-4,6-9,18-19H,5,10-13H2,1H3. The first kappa shape index (κ1) is 16.4. The summed E-state index contributed by atoms with van der Waals surface area (Å²) in [6, 6.07) is 12.8. The van der Waals surface area contributed by atoms with Crippen LogP contribution in [0.15, 0.2) is 47.4 Å². The van der Waals surface area contributed by atoms with Crippen molar-refractivity contribution in [1.29, 1.82) is 0 Å². The molecule has 124 valence electrons. The lowest BCUT2D eigenvalue weighted by atomic mass is 9.99. The molecule has 1 unspecified atom stereocenters. The second-order valence-electron chi connectivity index (χ2n) is 6.05. The van der Waals surface area contributed by atoms with Crippen molar-refractivity contribution in [1.82, 2.24) is 10.0 Å². The Morgan fingerprint density at radius 3 is 2.74 bits per heavy atom. The highest BCUT2D eigenvalue weighted by molar-refractivity contribution is 7.89. The summed E-state index contributed by atoms with van der Waals surface area (Å²) in [5.74, 6) is 0. The smallest absolute Gasteiger partial charge is 0.241 e. The van der Waals surface area contributed by atoms with E-state index in [9.17, 15) is 8.42 Å². The monoisotopic (exact) mass is 334 g/mol. The number of fused-ring (bicyclic) bond motifs is 1. The topological polar surface area (TPSA) is 67.4 Å². The summed E-state index contributed by atoms with van der Waals surface area (Å²) < 4.78 is 33.6. The van der Waals surface area contributed by atoms with Crippen LogP contribution in [-0.4, -0.2) is 40.8 Å². The second-order valence-corrected chi connectivity index (χ2v) is 7.78. The molecule has 1 aliphatic rings. The predicted octanol–water partition coefficient (Wildman–Crippen LogP) is 1.89. The van der Waals surface area contributed by atoms with Crippen LogP contribution in [0, 0.1) is 0 Å². The number of hydrogen-bond acceptors (Lipinski definition) is 4. The van der Waals surface area contributed by atoms with Gasteiger partial charge >= 0.3 is 0 Å². The predicted molar refractivity (Wildman–Crippen MR) is 91.0 cm³/mol. The van der Waals surface area contributed by atoms with Gasteiger partial charge in [0.25, 0.3) is 0 Å². The molecule has 1 atom stereocenters. The van der Waals surface area contributed by atoms with E-state index in [1.807, 2.05) is 30.3 Å². The van der Waals surface area contributed by atoms with Crippen LogP contribution in [0.3, 0.4) is 0 Å². The average Bonchev–Trinajstić information content (AvgIpc) is 3.02. The maximum Gasteiger partial charge on any atom is 0.241 e. The molecule has 2 aromatic rings. The van der Waals surface area contributed by atoms with Gasteiger partial charge in [0.1, 0.15) is 0 Å². The van der Waals surface area contributed by atoms with E-state index in [1.165, 1.54) is 0 Å². The molecule has 1 saturated heterocycles. The number of hydrogen-bond donors (Lipinski definition) is 2. The number of ether oxygens (including phenoxy) is 1. The molecule has 1 heterocycles. The van der Waals surface area contributed by atoms with Gasteiger partial charge in [0.05, 0.1) is 17.0 Å². The summed E-state index contributed by atoms with van der Waals surface area (Å²) in [6.07, 6.45) is 1.93. The minimum Gasteiger partial charge on any atom is -0.383 e. The lowest BCUT2D eigenvalue weighted by molar-refractivity contribution is 0.122. The van der Waals surface area contributed by atoms with E-state index in [2.05, 4.69) is 10.0 Å². The minimum atomic E-state index is -3.58. The van der Waals surface area contributed by atoms with Gasteiger partial charge < -0.3 is 10.1 Å². The SMILES string of the molecule is COCC1(CNS(=O)(=O)c2cccc3ccccc23)CCCN1. The molecule has 0 spiro atoms. The molecule has 0 bridgehead atoms. The Labute approximate surface area is 137 Å². The number of nitrogens with one attached hydrogen (secondary N) is 2. The van der Waals surface area contributed by atoms with Crippen molar-refractivity contribution in [3.05, 3.63) is 42.5 Å². The van der Waals surface area contributed by atoms with Crippen LogP contribution in [0.4, 0.5) is 0 Å². The van der Waals surface area contributed by atoms with Crippen molar-refractivity contribution < 1.29 is 13.2 Å². The van der Waals surface area contributed by atoms with E-state index in [4.69, 9.17) is 4.74 Å². The maximum absolute atomic E-state index is 12.8. The van der Waals surface area contributed by atoms with Crippen molar-refractivity contribution in [2.24, 2.45) is 0 Å². The maximum atomic E-state index is 12.8. The van der Waals surface area contributed by atoms with Gasteiger partial charge in [-0.05, 0) is 30.8 Å². The Morgan fingerprint density at radius 1 is 1.22 bits per heavy atom. The lowest BCUT2D eigenvalue weighted by Crippen LogP contribution is -2.52. The van der Waals surface area contributed by atoms with Gasteiger partial charge in [-0.1, -0.05) is 36.4 Å². The summed E-state index contributed by atoms with van der Waals surface area (Å²) in [7, 11) is -1.94. The summed E-state index contributed by atoms with van der Waals surface area (Å²) in [6.45, 7) is 1.71. The van der Waals surface area contributed by atoms with E-state index in [0.29, 0.717) is 18.0 Å². The molecule has 2 N–H and O–H groups in total. The molecule has 2 aromatic carbocycles. The summed E-state index contributed by atoms with van der Waals surface area (Å²) in [4.78, 5) is 0.321. The first-order chi connectivity index (χ1) is 11.1. The largest absolute Gasteiger partial charge is 0.383 e. The molecule has 5 nitrogen and oxygen atoms in total. The van der Waals surface area contributed by atoms with Crippen molar-refractivity contribution >= 4 is 20.8 Å². The van der Waals surface area contributed by atoms with Crippen LogP contribution in [0.25, 0.3) is 10.8 Å². The number of benzene rings is 2. The number of methoxy groups -OCH3 is 1. The van der Waals surface area contributed by atoms with Crippen LogP contribution >= 0.6 is 0 Å². The third kappa shape index (κ3) is 3.40. The first-order valence-corrected chi connectivity index (χ1v) is 9.26. The highest BCUT2D eigenvalue weighted by Crippen LogP contribution is 2.24. The summed E-state index contributed by atoms with van der Waals surface area (Å²) in [5.41, 5.74) is -0.313. The molecule has 0 radical (unpaired) electrons. The van der Waals surface area contributed by atoms with Gasteiger partial charge in [-0.15, -0.1) is 0 Å². The van der Waals surface area contributed by atoms with E-state index in [-0.39, 0.29) is 5.54 Å². The number of sulfonamides is 1. The first-order valence-electron chi connectivity index (χ1n) is 7.78. The van der Waals surface area contributed by atoms with Crippen LogP contribution in [0.1, 0.15) is 12.8 Å². The van der Waals surface area contributed by atoms with Gasteiger partial charge in [0.2, 0.25) is 10.0 Å². The van der Waals surface area contributed by atoms with Gasteiger partial charge in [0.15, 0.2) is 0 Å². The summed E-state index contributed by atoms with van der Waals surface area (Å²) >= 11 is 0. The average molecular weight is 334 g/mol. The zero-order valence-corrected chi connectivity index (χ0v) is 14.0. The third-order valence-corrected chi connectivity index (χ3v) is 5.85. The molecule has 1 fully saturated rings. The molecular weight excluding hydrogens is 312 g/mol. The van der Waals surface area contributed by atoms with Gasteiger partial charge in [-0.3, -0.25) is 0 Å². The molecule has 6 heteroatoms. The zero-order chi connectivity index (χ0) is 16.3. The second kappa shape index (κ2) is 6.57. The molecule has 3 rings (SSSR count). The van der Waals surface area contributed by atoms with E-state index < -0.39 is 10.0 Å². The lowest BCUT2D eigenvalue weighted by Gasteiger charge is -2.29. The van der Waals surface area contributed by atoms with E-state index in [0.717, 1.165) is 30.2 Å². The van der Waals surface area contributed by atoms with Crippen LogP contribution in [0.5, 0.6) is 0 Å².